The molecule has 0 aromatic heterocycles. The fraction of sp³-hybridized carbons (Fsp3) is 1.00. The van der Waals surface area contributed by atoms with Crippen molar-refractivity contribution >= 4 is 52.3 Å². The molecule has 0 aliphatic heterocycles. The highest BCUT2D eigenvalue weighted by Crippen LogP contribution is 2.40. The summed E-state index contributed by atoms with van der Waals surface area (Å²) in [5.41, 5.74) is -6.33. The largest absolute Gasteiger partial charge is 0.422 e. The van der Waals surface area contributed by atoms with E-state index >= 15 is 0 Å². The zero-order valence-electron chi connectivity index (χ0n) is 64.1. The minimum Gasteiger partial charge on any atom is -0.378 e. The van der Waals surface area contributed by atoms with Gasteiger partial charge in [-0.3, -0.25) is 12.7 Å². The number of rotatable bonds is 30. The lowest BCUT2D eigenvalue weighted by Crippen LogP contribution is -2.74. The summed E-state index contributed by atoms with van der Waals surface area (Å²) < 4.78 is 94.9. The lowest BCUT2D eigenvalue weighted by molar-refractivity contribution is -0.0375. The molecular formula is C63H144N4O12Si6. The maximum absolute atomic E-state index is 7.29. The van der Waals surface area contributed by atoms with Crippen LogP contribution in [0.3, 0.4) is 0 Å². The predicted octanol–water partition coefficient (Wildman–Crippen LogP) is 16.6. The predicted molar refractivity (Wildman–Crippen MR) is 370 cm³/mol. The molecule has 0 N–H and O–H groups in total. The Morgan fingerprint density at radius 1 is 0.176 bits per heavy atom. The Balaban J connectivity index is 8.86. The standard InChI is InChI=1S/C63H144N4O12Si6/c1-52(2,3)68-80(37,69-53(4,5)6)65(81(38,70-54(7,8)9)71-55(10,11)12)49-43-46-64(47-44-50-66(82(39,72-56(13,14)15)73-57(16,17)18)83(40,74-58(19,20)21)75-59(22,23)24)48-45-51-67(84(41,76-60(25,26)27)77-61(28,29)30)85(42,78-62(31,32)33)79-63(34,35)36/h43-51H2,1-42H3. The van der Waals surface area contributed by atoms with Gasteiger partial charge in [-0.15, -0.1) is 0 Å². The molecule has 0 fully saturated rings. The Bertz CT molecular complexity index is 1540. The third kappa shape index (κ3) is 36.1. The molecule has 0 saturated heterocycles. The Morgan fingerprint density at radius 3 is 0.353 bits per heavy atom. The second-order valence-electron chi connectivity index (χ2n) is 36.3. The summed E-state index contributed by atoms with van der Waals surface area (Å²) in [5.74, 6) is 0. The maximum atomic E-state index is 7.29. The molecule has 0 spiro atoms. The van der Waals surface area contributed by atoms with Crippen LogP contribution in [0.25, 0.3) is 0 Å². The van der Waals surface area contributed by atoms with Gasteiger partial charge in [-0.05, 0) is 347 Å². The minimum absolute atomic E-state index is 0.528. The van der Waals surface area contributed by atoms with Gasteiger partial charge < -0.3 is 58.0 Å². The highest BCUT2D eigenvalue weighted by Gasteiger charge is 2.62. The average Bonchev–Trinajstić information content (AvgIpc) is 3.06. The summed E-state index contributed by atoms with van der Waals surface area (Å²) in [6.45, 7) is 93.4. The van der Waals surface area contributed by atoms with E-state index in [1.54, 1.807) is 0 Å². The maximum Gasteiger partial charge on any atom is 0.422 e. The van der Waals surface area contributed by atoms with E-state index in [0.717, 1.165) is 38.9 Å². The van der Waals surface area contributed by atoms with Crippen LogP contribution in [0.2, 0.25) is 39.3 Å². The smallest absolute Gasteiger partial charge is 0.378 e. The third-order valence-corrected chi connectivity index (χ3v) is 37.9. The molecule has 0 aliphatic carbocycles. The van der Waals surface area contributed by atoms with Gasteiger partial charge in [0.25, 0.3) is 0 Å². The monoisotopic (exact) mass is 1320 g/mol. The van der Waals surface area contributed by atoms with Crippen molar-refractivity contribution in [2.75, 3.05) is 39.3 Å². The average molecular weight is 1320 g/mol. The first kappa shape index (κ1) is 85.7. The van der Waals surface area contributed by atoms with E-state index in [4.69, 9.17) is 53.1 Å². The lowest BCUT2D eigenvalue weighted by atomic mass is 10.2. The van der Waals surface area contributed by atoms with Crippen molar-refractivity contribution in [3.63, 3.8) is 0 Å². The third-order valence-electron chi connectivity index (χ3n) is 11.5. The molecule has 0 saturated carbocycles. The SMILES string of the molecule is CC(C)(C)O[Si](C)(OC(C)(C)C)N(CCCN(CCCN([Si](C)(OC(C)(C)C)OC(C)(C)C)[Si](C)(OC(C)(C)C)OC(C)(C)C)CCCN([Si](C)(OC(C)(C)C)OC(C)(C)C)[Si](C)(OC(C)(C)C)OC(C)(C)C)[Si](C)(OC(C)(C)C)OC(C)(C)C. The molecule has 0 unspecified atom stereocenters. The second-order valence-corrected chi connectivity index (χ2v) is 54.1. The van der Waals surface area contributed by atoms with E-state index in [1.165, 1.54) is 0 Å². The molecule has 512 valence electrons. The number of hydrogen-bond donors (Lipinski definition) is 0. The van der Waals surface area contributed by atoms with Crippen LogP contribution in [0.15, 0.2) is 0 Å². The summed E-state index contributed by atoms with van der Waals surface area (Å²) in [5, 5.41) is 0. The molecule has 0 heterocycles. The van der Waals surface area contributed by atoms with Gasteiger partial charge in [0.2, 0.25) is 0 Å². The van der Waals surface area contributed by atoms with Crippen LogP contribution in [0.4, 0.5) is 0 Å². The second kappa shape index (κ2) is 29.5. The van der Waals surface area contributed by atoms with Crippen molar-refractivity contribution in [2.45, 2.75) is 375 Å². The van der Waals surface area contributed by atoms with E-state index in [0.29, 0.717) is 19.6 Å². The summed E-state index contributed by atoms with van der Waals surface area (Å²) in [7, 11) is -20.2. The molecule has 85 heavy (non-hydrogen) atoms. The van der Waals surface area contributed by atoms with Crippen molar-refractivity contribution in [3.8, 4) is 0 Å². The molecule has 0 aliphatic rings. The minimum atomic E-state index is -3.36. The molecule has 22 heteroatoms. The van der Waals surface area contributed by atoms with Crippen molar-refractivity contribution in [1.29, 1.82) is 0 Å². The van der Waals surface area contributed by atoms with Crippen LogP contribution >= 0.6 is 0 Å². The molecular weight excluding hydrogens is 1170 g/mol. The Hall–Kier alpha value is 0.661. The first-order valence-corrected chi connectivity index (χ1v) is 45.7. The Labute approximate surface area is 534 Å². The highest BCUT2D eigenvalue weighted by atomic mass is 28.5. The van der Waals surface area contributed by atoms with Gasteiger partial charge in [0, 0.05) is 0 Å². The Kier molecular flexibility index (Phi) is 29.8. The first-order valence-electron chi connectivity index (χ1n) is 32.1. The van der Waals surface area contributed by atoms with Crippen LogP contribution in [0, 0.1) is 0 Å². The molecule has 0 aromatic rings. The van der Waals surface area contributed by atoms with E-state index < -0.39 is 120 Å². The number of hydrogen-bond acceptors (Lipinski definition) is 16. The highest BCUT2D eigenvalue weighted by molar-refractivity contribution is 6.81. The molecule has 0 rings (SSSR count). The van der Waals surface area contributed by atoms with Crippen LogP contribution < -0.4 is 0 Å². The van der Waals surface area contributed by atoms with Gasteiger partial charge in [0.05, 0.1) is 67.2 Å². The van der Waals surface area contributed by atoms with Gasteiger partial charge in [0.1, 0.15) is 0 Å². The Morgan fingerprint density at radius 2 is 0.271 bits per heavy atom. The fourth-order valence-electron chi connectivity index (χ4n) is 11.6. The van der Waals surface area contributed by atoms with Gasteiger partial charge in [-0.25, -0.2) is 0 Å². The summed E-state index contributed by atoms with van der Waals surface area (Å²) in [4.78, 5) is 2.63. The van der Waals surface area contributed by atoms with E-state index in [2.05, 4.69) is 306 Å². The van der Waals surface area contributed by atoms with E-state index in [1.807, 2.05) is 0 Å². The van der Waals surface area contributed by atoms with Crippen molar-refractivity contribution in [3.05, 3.63) is 0 Å². The van der Waals surface area contributed by atoms with E-state index in [-0.39, 0.29) is 0 Å². The van der Waals surface area contributed by atoms with Crippen molar-refractivity contribution in [1.82, 2.24) is 17.6 Å². The summed E-state index contributed by atoms with van der Waals surface area (Å²) in [6, 6.07) is 0. The van der Waals surface area contributed by atoms with Gasteiger partial charge >= 0.3 is 52.3 Å². The molecule has 0 atom stereocenters. The van der Waals surface area contributed by atoms with Crippen LogP contribution in [-0.2, 0) is 53.1 Å². The summed E-state index contributed by atoms with van der Waals surface area (Å²) in [6.07, 6.45) is 2.29. The fourth-order valence-corrected chi connectivity index (χ4v) is 40.7. The zero-order valence-corrected chi connectivity index (χ0v) is 70.1. The molecule has 16 nitrogen and oxygen atoms in total. The van der Waals surface area contributed by atoms with Gasteiger partial charge in [0.15, 0.2) is 0 Å². The molecule has 0 bridgehead atoms. The lowest BCUT2D eigenvalue weighted by Gasteiger charge is -2.52. The van der Waals surface area contributed by atoms with E-state index in [9.17, 15) is 0 Å². The molecule has 0 radical (unpaired) electrons. The molecule has 0 aromatic carbocycles. The normalized spacial score (nSPS) is 15.9. The van der Waals surface area contributed by atoms with Crippen LogP contribution in [-0.4, -0.2) is 176 Å². The van der Waals surface area contributed by atoms with Crippen molar-refractivity contribution in [2.24, 2.45) is 0 Å². The topological polar surface area (TPSA) is 124 Å². The van der Waals surface area contributed by atoms with Gasteiger partial charge in [-0.1, -0.05) is 0 Å². The summed E-state index contributed by atoms with van der Waals surface area (Å²) >= 11 is 0. The number of nitrogens with zero attached hydrogens (tertiary/aromatic N) is 4. The quantitative estimate of drug-likeness (QED) is 0.0633. The van der Waals surface area contributed by atoms with Gasteiger partial charge in [-0.2, -0.15) is 0 Å². The first-order chi connectivity index (χ1) is 36.7. The molecule has 0 amide bonds. The van der Waals surface area contributed by atoms with Crippen molar-refractivity contribution < 1.29 is 53.1 Å². The van der Waals surface area contributed by atoms with Crippen LogP contribution in [0.5, 0.6) is 0 Å². The van der Waals surface area contributed by atoms with Crippen LogP contribution in [0.1, 0.15) is 269 Å². The zero-order chi connectivity index (χ0) is 68.2.